The molecule has 0 amide bonds. The maximum Gasteiger partial charge on any atom is 0.0928 e. The molecule has 1 saturated carbocycles. The summed E-state index contributed by atoms with van der Waals surface area (Å²) in [6.45, 7) is 1.57. The molecular formula is C13H18ClNO. The van der Waals surface area contributed by atoms with Crippen LogP contribution in [0.3, 0.4) is 0 Å². The van der Waals surface area contributed by atoms with E-state index in [2.05, 4.69) is 5.32 Å². The Morgan fingerprint density at radius 1 is 1.38 bits per heavy atom. The first-order valence-corrected chi connectivity index (χ1v) is 6.28. The Morgan fingerprint density at radius 2 is 2.12 bits per heavy atom. The molecule has 1 unspecified atom stereocenters. The maximum absolute atomic E-state index is 9.94. The van der Waals surface area contributed by atoms with Crippen molar-refractivity contribution in [2.24, 2.45) is 5.92 Å². The van der Waals surface area contributed by atoms with Crippen molar-refractivity contribution in [2.45, 2.75) is 25.4 Å². The van der Waals surface area contributed by atoms with Crippen molar-refractivity contribution in [1.29, 1.82) is 0 Å². The molecule has 3 heteroatoms. The van der Waals surface area contributed by atoms with Gasteiger partial charge in [0.25, 0.3) is 0 Å². The van der Waals surface area contributed by atoms with Crippen molar-refractivity contribution >= 4 is 11.6 Å². The molecule has 0 aliphatic heterocycles. The number of aliphatic hydroxyl groups excluding tert-OH is 1. The average molecular weight is 240 g/mol. The van der Waals surface area contributed by atoms with Gasteiger partial charge in [0.2, 0.25) is 0 Å². The fourth-order valence-corrected chi connectivity index (χ4v) is 2.07. The van der Waals surface area contributed by atoms with Gasteiger partial charge in [-0.1, -0.05) is 42.6 Å². The summed E-state index contributed by atoms with van der Waals surface area (Å²) in [6.07, 6.45) is 3.49. The second-order valence-electron chi connectivity index (χ2n) is 4.47. The molecule has 2 N–H and O–H groups in total. The van der Waals surface area contributed by atoms with E-state index in [1.807, 2.05) is 24.3 Å². The van der Waals surface area contributed by atoms with Crippen LogP contribution in [0.1, 0.15) is 30.9 Å². The quantitative estimate of drug-likeness (QED) is 0.749. The fraction of sp³-hybridized carbons (Fsp3) is 0.538. The lowest BCUT2D eigenvalue weighted by Gasteiger charge is -2.13. The molecule has 1 fully saturated rings. The van der Waals surface area contributed by atoms with Crippen LogP contribution in [0.2, 0.25) is 5.02 Å². The highest BCUT2D eigenvalue weighted by Crippen LogP contribution is 2.31. The van der Waals surface area contributed by atoms with Gasteiger partial charge in [-0.2, -0.15) is 0 Å². The van der Waals surface area contributed by atoms with Crippen molar-refractivity contribution in [3.8, 4) is 0 Å². The summed E-state index contributed by atoms with van der Waals surface area (Å²) >= 11 is 6.00. The molecule has 1 aromatic rings. The molecule has 2 nitrogen and oxygen atoms in total. The van der Waals surface area contributed by atoms with Crippen LogP contribution in [0.25, 0.3) is 0 Å². The lowest BCUT2D eigenvalue weighted by Crippen LogP contribution is -2.23. The van der Waals surface area contributed by atoms with Crippen LogP contribution in [0.4, 0.5) is 0 Å². The molecule has 1 aliphatic rings. The van der Waals surface area contributed by atoms with Crippen molar-refractivity contribution in [3.05, 3.63) is 34.9 Å². The van der Waals surface area contributed by atoms with Gasteiger partial charge < -0.3 is 10.4 Å². The fourth-order valence-electron chi connectivity index (χ4n) is 1.81. The Kier molecular flexibility index (Phi) is 4.22. The van der Waals surface area contributed by atoms with E-state index in [1.165, 1.54) is 19.3 Å². The van der Waals surface area contributed by atoms with E-state index in [-0.39, 0.29) is 0 Å². The van der Waals surface area contributed by atoms with Gasteiger partial charge in [0.15, 0.2) is 0 Å². The number of hydrogen-bond acceptors (Lipinski definition) is 2. The van der Waals surface area contributed by atoms with Gasteiger partial charge in [-0.3, -0.25) is 0 Å². The van der Waals surface area contributed by atoms with E-state index >= 15 is 0 Å². The van der Waals surface area contributed by atoms with Gasteiger partial charge in [-0.15, -0.1) is 0 Å². The molecule has 1 aromatic carbocycles. The second-order valence-corrected chi connectivity index (χ2v) is 4.88. The molecule has 1 aliphatic carbocycles. The molecule has 1 atom stereocenters. The zero-order valence-corrected chi connectivity index (χ0v) is 10.1. The van der Waals surface area contributed by atoms with E-state index < -0.39 is 6.10 Å². The van der Waals surface area contributed by atoms with E-state index in [4.69, 9.17) is 11.6 Å². The van der Waals surface area contributed by atoms with Crippen LogP contribution in [-0.2, 0) is 0 Å². The van der Waals surface area contributed by atoms with Crippen LogP contribution in [0.5, 0.6) is 0 Å². The summed E-state index contributed by atoms with van der Waals surface area (Å²) in [5.41, 5.74) is 0.808. The van der Waals surface area contributed by atoms with Gasteiger partial charge in [0.1, 0.15) is 0 Å². The van der Waals surface area contributed by atoms with E-state index in [0.29, 0.717) is 11.6 Å². The van der Waals surface area contributed by atoms with Crippen LogP contribution in [0, 0.1) is 5.92 Å². The molecule has 88 valence electrons. The standard InChI is InChI=1S/C13H18ClNO/c14-12-4-2-1-3-11(12)13(16)9-15-8-7-10-5-6-10/h1-4,10,13,15-16H,5-9H2. The third-order valence-electron chi connectivity index (χ3n) is 3.03. The molecule has 0 aromatic heterocycles. The molecule has 0 radical (unpaired) electrons. The summed E-state index contributed by atoms with van der Waals surface area (Å²) in [5, 5.41) is 13.8. The number of halogens is 1. The highest BCUT2D eigenvalue weighted by molar-refractivity contribution is 6.31. The average Bonchev–Trinajstić information content (AvgIpc) is 3.08. The Balaban J connectivity index is 1.73. The first-order chi connectivity index (χ1) is 7.77. The third-order valence-corrected chi connectivity index (χ3v) is 3.37. The first-order valence-electron chi connectivity index (χ1n) is 5.90. The normalized spacial score (nSPS) is 17.4. The second kappa shape index (κ2) is 5.67. The third kappa shape index (κ3) is 3.48. The number of rotatable bonds is 6. The Morgan fingerprint density at radius 3 is 2.81 bits per heavy atom. The highest BCUT2D eigenvalue weighted by atomic mass is 35.5. The molecular weight excluding hydrogens is 222 g/mol. The SMILES string of the molecule is OC(CNCCC1CC1)c1ccccc1Cl. The predicted octanol–water partition coefficient (Wildman–Crippen LogP) is 2.76. The van der Waals surface area contributed by atoms with Gasteiger partial charge in [0.05, 0.1) is 6.10 Å². The summed E-state index contributed by atoms with van der Waals surface area (Å²) < 4.78 is 0. The summed E-state index contributed by atoms with van der Waals surface area (Å²) in [4.78, 5) is 0. The predicted molar refractivity (Wildman–Crippen MR) is 66.6 cm³/mol. The maximum atomic E-state index is 9.94. The van der Waals surface area contributed by atoms with Crippen LogP contribution in [0.15, 0.2) is 24.3 Å². The smallest absolute Gasteiger partial charge is 0.0928 e. The molecule has 0 spiro atoms. The zero-order chi connectivity index (χ0) is 11.4. The Bertz CT molecular complexity index is 338. The largest absolute Gasteiger partial charge is 0.387 e. The highest BCUT2D eigenvalue weighted by Gasteiger charge is 2.20. The van der Waals surface area contributed by atoms with Crippen molar-refractivity contribution in [3.63, 3.8) is 0 Å². The Hall–Kier alpha value is -0.570. The van der Waals surface area contributed by atoms with Crippen LogP contribution >= 0.6 is 11.6 Å². The number of aliphatic hydroxyl groups is 1. The minimum absolute atomic E-state index is 0.507. The van der Waals surface area contributed by atoms with E-state index in [9.17, 15) is 5.11 Å². The summed E-state index contributed by atoms with van der Waals surface area (Å²) in [5.74, 6) is 0.935. The van der Waals surface area contributed by atoms with Crippen LogP contribution in [-0.4, -0.2) is 18.2 Å². The van der Waals surface area contributed by atoms with Crippen molar-refractivity contribution in [2.75, 3.05) is 13.1 Å². The monoisotopic (exact) mass is 239 g/mol. The van der Waals surface area contributed by atoms with Gasteiger partial charge in [0, 0.05) is 17.1 Å². The molecule has 2 rings (SSSR count). The molecule has 16 heavy (non-hydrogen) atoms. The first kappa shape index (κ1) is 11.9. The lowest BCUT2D eigenvalue weighted by atomic mass is 10.1. The molecule has 0 heterocycles. The Labute approximate surface area is 102 Å². The molecule has 0 bridgehead atoms. The summed E-state index contributed by atoms with van der Waals surface area (Å²) in [6, 6.07) is 7.45. The molecule has 0 saturated heterocycles. The topological polar surface area (TPSA) is 32.3 Å². The van der Waals surface area contributed by atoms with Crippen molar-refractivity contribution < 1.29 is 5.11 Å². The van der Waals surface area contributed by atoms with Crippen LogP contribution < -0.4 is 5.32 Å². The van der Waals surface area contributed by atoms with E-state index in [1.54, 1.807) is 0 Å². The van der Waals surface area contributed by atoms with Gasteiger partial charge in [-0.25, -0.2) is 0 Å². The lowest BCUT2D eigenvalue weighted by molar-refractivity contribution is 0.174. The van der Waals surface area contributed by atoms with Gasteiger partial charge in [-0.05, 0) is 24.9 Å². The van der Waals surface area contributed by atoms with E-state index in [0.717, 1.165) is 18.0 Å². The zero-order valence-electron chi connectivity index (χ0n) is 9.32. The van der Waals surface area contributed by atoms with Gasteiger partial charge >= 0.3 is 0 Å². The minimum Gasteiger partial charge on any atom is -0.387 e. The number of nitrogens with one attached hydrogen (secondary N) is 1. The summed E-state index contributed by atoms with van der Waals surface area (Å²) in [7, 11) is 0. The number of benzene rings is 1. The van der Waals surface area contributed by atoms with Crippen molar-refractivity contribution in [1.82, 2.24) is 5.32 Å². The number of hydrogen-bond donors (Lipinski definition) is 2. The minimum atomic E-state index is -0.507.